The van der Waals surface area contributed by atoms with E-state index >= 15 is 0 Å². The van der Waals surface area contributed by atoms with E-state index in [1.165, 1.54) is 19.2 Å². The average Bonchev–Trinajstić information content (AvgIpc) is 2.30. The number of ether oxygens (including phenoxy) is 2. The first-order valence-corrected chi connectivity index (χ1v) is 5.20. The van der Waals surface area contributed by atoms with Gasteiger partial charge in [-0.15, -0.1) is 13.2 Å². The molecule has 0 bridgehead atoms. The SMILES string of the molecule is COC(=O)[C@H](N)Cc1ccc(N)c(OC(F)(F)F)c1. The minimum Gasteiger partial charge on any atom is -0.468 e. The van der Waals surface area contributed by atoms with Gasteiger partial charge in [-0.2, -0.15) is 0 Å². The molecule has 0 aliphatic carbocycles. The number of rotatable bonds is 4. The van der Waals surface area contributed by atoms with Crippen molar-refractivity contribution in [3.8, 4) is 5.75 Å². The van der Waals surface area contributed by atoms with E-state index in [0.717, 1.165) is 6.07 Å². The van der Waals surface area contributed by atoms with E-state index in [4.69, 9.17) is 11.5 Å². The fourth-order valence-electron chi connectivity index (χ4n) is 1.41. The van der Waals surface area contributed by atoms with Gasteiger partial charge in [-0.05, 0) is 24.1 Å². The van der Waals surface area contributed by atoms with Gasteiger partial charge in [-0.3, -0.25) is 4.79 Å². The summed E-state index contributed by atoms with van der Waals surface area (Å²) in [5, 5.41) is 0. The molecule has 1 atom stereocenters. The van der Waals surface area contributed by atoms with Gasteiger partial charge < -0.3 is 20.9 Å². The second-order valence-electron chi connectivity index (χ2n) is 3.75. The van der Waals surface area contributed by atoms with Gasteiger partial charge >= 0.3 is 12.3 Å². The van der Waals surface area contributed by atoms with E-state index in [2.05, 4.69) is 9.47 Å². The number of carbonyl (C=O) groups is 1. The number of alkyl halides is 3. The predicted molar refractivity (Wildman–Crippen MR) is 61.2 cm³/mol. The number of anilines is 1. The van der Waals surface area contributed by atoms with Crippen molar-refractivity contribution in [2.24, 2.45) is 5.73 Å². The molecule has 1 aromatic rings. The molecule has 19 heavy (non-hydrogen) atoms. The van der Waals surface area contributed by atoms with E-state index in [9.17, 15) is 18.0 Å². The Morgan fingerprint density at radius 3 is 2.58 bits per heavy atom. The van der Waals surface area contributed by atoms with Crippen LogP contribution in [0.1, 0.15) is 5.56 Å². The lowest BCUT2D eigenvalue weighted by Gasteiger charge is -2.14. The van der Waals surface area contributed by atoms with Gasteiger partial charge in [0.1, 0.15) is 6.04 Å². The molecule has 106 valence electrons. The van der Waals surface area contributed by atoms with Crippen LogP contribution in [0.2, 0.25) is 0 Å². The summed E-state index contributed by atoms with van der Waals surface area (Å²) < 4.78 is 44.5. The van der Waals surface area contributed by atoms with Crippen molar-refractivity contribution in [1.82, 2.24) is 0 Å². The maximum atomic E-state index is 12.1. The van der Waals surface area contributed by atoms with Crippen molar-refractivity contribution < 1.29 is 27.4 Å². The molecule has 0 fully saturated rings. The highest BCUT2D eigenvalue weighted by Gasteiger charge is 2.32. The number of methoxy groups -OCH3 is 1. The first kappa shape index (κ1) is 15.1. The van der Waals surface area contributed by atoms with Crippen molar-refractivity contribution in [3.63, 3.8) is 0 Å². The van der Waals surface area contributed by atoms with Crippen LogP contribution >= 0.6 is 0 Å². The zero-order chi connectivity index (χ0) is 14.6. The largest absolute Gasteiger partial charge is 0.573 e. The Balaban J connectivity index is 2.87. The van der Waals surface area contributed by atoms with Crippen LogP contribution in [-0.2, 0) is 16.0 Å². The quantitative estimate of drug-likeness (QED) is 0.638. The Morgan fingerprint density at radius 1 is 1.42 bits per heavy atom. The lowest BCUT2D eigenvalue weighted by molar-refractivity contribution is -0.274. The van der Waals surface area contributed by atoms with Crippen LogP contribution in [0, 0.1) is 0 Å². The molecule has 0 aliphatic heterocycles. The normalized spacial score (nSPS) is 12.9. The fourth-order valence-corrected chi connectivity index (χ4v) is 1.41. The van der Waals surface area contributed by atoms with Crippen LogP contribution in [0.15, 0.2) is 18.2 Å². The Labute approximate surface area is 107 Å². The van der Waals surface area contributed by atoms with Crippen LogP contribution in [-0.4, -0.2) is 25.5 Å². The molecule has 1 aromatic carbocycles. The molecule has 8 heteroatoms. The molecule has 1 rings (SSSR count). The molecule has 0 saturated heterocycles. The summed E-state index contributed by atoms with van der Waals surface area (Å²) in [6.07, 6.45) is -4.82. The van der Waals surface area contributed by atoms with Gasteiger partial charge in [0.15, 0.2) is 5.75 Å². The maximum Gasteiger partial charge on any atom is 0.573 e. The number of halogens is 3. The molecule has 0 radical (unpaired) electrons. The Kier molecular flexibility index (Phi) is 4.60. The van der Waals surface area contributed by atoms with Gasteiger partial charge in [0.05, 0.1) is 12.8 Å². The average molecular weight is 278 g/mol. The molecule has 0 spiro atoms. The summed E-state index contributed by atoms with van der Waals surface area (Å²) in [6.45, 7) is 0. The Morgan fingerprint density at radius 2 is 2.05 bits per heavy atom. The van der Waals surface area contributed by atoms with Crippen molar-refractivity contribution in [2.45, 2.75) is 18.8 Å². The molecule has 0 aliphatic rings. The van der Waals surface area contributed by atoms with Gasteiger partial charge in [0.25, 0.3) is 0 Å². The Bertz CT molecular complexity index is 463. The number of hydrogen-bond donors (Lipinski definition) is 2. The number of nitrogen functional groups attached to an aromatic ring is 1. The van der Waals surface area contributed by atoms with E-state index in [0.29, 0.717) is 5.56 Å². The van der Waals surface area contributed by atoms with Crippen molar-refractivity contribution in [3.05, 3.63) is 23.8 Å². The van der Waals surface area contributed by atoms with Crippen LogP contribution in [0.3, 0.4) is 0 Å². The third kappa shape index (κ3) is 4.66. The summed E-state index contributed by atoms with van der Waals surface area (Å²) >= 11 is 0. The van der Waals surface area contributed by atoms with Gasteiger partial charge in [-0.1, -0.05) is 6.07 Å². The minimum atomic E-state index is -4.84. The smallest absolute Gasteiger partial charge is 0.468 e. The zero-order valence-corrected chi connectivity index (χ0v) is 10.0. The summed E-state index contributed by atoms with van der Waals surface area (Å²) in [7, 11) is 1.17. The topological polar surface area (TPSA) is 87.6 Å². The van der Waals surface area contributed by atoms with E-state index in [-0.39, 0.29) is 12.1 Å². The van der Waals surface area contributed by atoms with E-state index in [1.807, 2.05) is 0 Å². The summed E-state index contributed by atoms with van der Waals surface area (Å²) in [5.41, 5.74) is 11.1. The highest BCUT2D eigenvalue weighted by atomic mass is 19.4. The Hall–Kier alpha value is -1.96. The lowest BCUT2D eigenvalue weighted by Crippen LogP contribution is -2.33. The molecule has 0 unspecified atom stereocenters. The van der Waals surface area contributed by atoms with E-state index < -0.39 is 24.1 Å². The third-order valence-electron chi connectivity index (χ3n) is 2.26. The zero-order valence-electron chi connectivity index (χ0n) is 10.0. The molecule has 0 aromatic heterocycles. The molecular weight excluding hydrogens is 265 g/mol. The second-order valence-corrected chi connectivity index (χ2v) is 3.75. The van der Waals surface area contributed by atoms with Crippen molar-refractivity contribution >= 4 is 11.7 Å². The van der Waals surface area contributed by atoms with Crippen LogP contribution in [0.4, 0.5) is 18.9 Å². The lowest BCUT2D eigenvalue weighted by atomic mass is 10.1. The molecule has 0 saturated carbocycles. The molecule has 4 N–H and O–H groups in total. The first-order chi connectivity index (χ1) is 8.73. The number of carbonyl (C=O) groups excluding carboxylic acids is 1. The fraction of sp³-hybridized carbons (Fsp3) is 0.364. The number of benzene rings is 1. The highest BCUT2D eigenvalue weighted by molar-refractivity contribution is 5.75. The standard InChI is InChI=1S/C11H13F3N2O3/c1-18-10(17)8(16)4-6-2-3-7(15)9(5-6)19-11(12,13)14/h2-3,5,8H,4,15-16H2,1H3/t8-/m1/s1. The van der Waals surface area contributed by atoms with Gasteiger partial charge in [0.2, 0.25) is 0 Å². The van der Waals surface area contributed by atoms with E-state index in [1.54, 1.807) is 0 Å². The summed E-state index contributed by atoms with van der Waals surface area (Å²) in [4.78, 5) is 11.1. The van der Waals surface area contributed by atoms with Crippen molar-refractivity contribution in [1.29, 1.82) is 0 Å². The number of esters is 1. The van der Waals surface area contributed by atoms with Crippen LogP contribution in [0.25, 0.3) is 0 Å². The molecule has 0 amide bonds. The molecule has 5 nitrogen and oxygen atoms in total. The summed E-state index contributed by atoms with van der Waals surface area (Å²) in [6, 6.07) is 2.83. The van der Waals surface area contributed by atoms with Gasteiger partial charge in [-0.25, -0.2) is 0 Å². The third-order valence-corrected chi connectivity index (χ3v) is 2.26. The second kappa shape index (κ2) is 5.79. The summed E-state index contributed by atoms with van der Waals surface area (Å²) in [5.74, 6) is -1.18. The predicted octanol–water partition coefficient (Wildman–Crippen LogP) is 1.21. The van der Waals surface area contributed by atoms with Crippen molar-refractivity contribution in [2.75, 3.05) is 12.8 Å². The maximum absolute atomic E-state index is 12.1. The minimum absolute atomic E-state index is 0.0151. The van der Waals surface area contributed by atoms with Crippen LogP contribution < -0.4 is 16.2 Å². The highest BCUT2D eigenvalue weighted by Crippen LogP contribution is 2.29. The first-order valence-electron chi connectivity index (χ1n) is 5.20. The number of nitrogens with two attached hydrogens (primary N) is 2. The molecular formula is C11H13F3N2O3. The number of hydrogen-bond acceptors (Lipinski definition) is 5. The van der Waals surface area contributed by atoms with Crippen LogP contribution in [0.5, 0.6) is 5.75 Å². The molecule has 0 heterocycles. The van der Waals surface area contributed by atoms with Gasteiger partial charge in [0, 0.05) is 0 Å². The monoisotopic (exact) mass is 278 g/mol.